The quantitative estimate of drug-likeness (QED) is 0.711. The summed E-state index contributed by atoms with van der Waals surface area (Å²) < 4.78 is 22.9. The minimum absolute atomic E-state index is 0.143. The fourth-order valence-electron chi connectivity index (χ4n) is 3.19. The number of benzene rings is 2. The first kappa shape index (κ1) is 19.5. The van der Waals surface area contributed by atoms with Crippen LogP contribution in [0.5, 0.6) is 23.0 Å². The maximum Gasteiger partial charge on any atom is 0.246 e. The zero-order chi connectivity index (χ0) is 20.2. The Morgan fingerprint density at radius 3 is 2.79 bits per heavy atom. The van der Waals surface area contributed by atoms with Crippen molar-refractivity contribution >= 4 is 23.6 Å². The lowest BCUT2D eigenvalue weighted by atomic mass is 10.2. The highest BCUT2D eigenvalue weighted by Crippen LogP contribution is 2.38. The van der Waals surface area contributed by atoms with Gasteiger partial charge in [-0.05, 0) is 35.9 Å². The smallest absolute Gasteiger partial charge is 0.246 e. The Morgan fingerprint density at radius 2 is 1.93 bits per heavy atom. The van der Waals surface area contributed by atoms with E-state index in [0.29, 0.717) is 48.6 Å². The van der Waals surface area contributed by atoms with Gasteiger partial charge in [0.25, 0.3) is 0 Å². The third-order valence-electron chi connectivity index (χ3n) is 4.66. The molecule has 0 spiro atoms. The minimum atomic E-state index is -0.222. The summed E-state index contributed by atoms with van der Waals surface area (Å²) >= 11 is 6.30. The molecule has 0 aromatic heterocycles. The normalized spacial score (nSPS) is 17.7. The summed E-state index contributed by atoms with van der Waals surface area (Å²) in [5, 5.41) is 0.469. The van der Waals surface area contributed by atoms with Crippen molar-refractivity contribution in [2.45, 2.75) is 12.5 Å². The maximum atomic E-state index is 12.5. The van der Waals surface area contributed by atoms with Crippen LogP contribution in [0.4, 0.5) is 0 Å². The van der Waals surface area contributed by atoms with E-state index in [9.17, 15) is 4.79 Å². The van der Waals surface area contributed by atoms with Crippen molar-refractivity contribution in [2.75, 3.05) is 33.4 Å². The average molecular weight is 416 g/mol. The second-order valence-electron chi connectivity index (χ2n) is 6.93. The standard InChI is InChI=1S/C22H22ClNO5/c1-24(13-16-14-28-18-5-2-3-6-19(18)29-16)21(25)8-7-15-11-17(23)22-20(12-15)26-9-4-10-27-22/h2-3,5-8,11-12,16H,4,9-10,13-14H2,1H3. The van der Waals surface area contributed by atoms with Crippen molar-refractivity contribution in [2.24, 2.45) is 0 Å². The molecule has 0 fully saturated rings. The number of carbonyl (C=O) groups excluding carboxylic acids is 1. The molecule has 0 radical (unpaired) electrons. The lowest BCUT2D eigenvalue weighted by Crippen LogP contribution is -2.41. The number of hydrogen-bond donors (Lipinski definition) is 0. The van der Waals surface area contributed by atoms with E-state index in [4.69, 9.17) is 30.5 Å². The van der Waals surface area contributed by atoms with E-state index in [1.807, 2.05) is 30.3 Å². The van der Waals surface area contributed by atoms with E-state index in [1.54, 1.807) is 24.1 Å². The molecule has 6 nitrogen and oxygen atoms in total. The Bertz CT molecular complexity index is 929. The lowest BCUT2D eigenvalue weighted by Gasteiger charge is -2.29. The fraction of sp³-hybridized carbons (Fsp3) is 0.318. The van der Waals surface area contributed by atoms with E-state index in [-0.39, 0.29) is 12.0 Å². The van der Waals surface area contributed by atoms with Crippen molar-refractivity contribution in [3.63, 3.8) is 0 Å². The second-order valence-corrected chi connectivity index (χ2v) is 7.34. The molecule has 0 aliphatic carbocycles. The zero-order valence-corrected chi connectivity index (χ0v) is 16.9. The Morgan fingerprint density at radius 1 is 1.14 bits per heavy atom. The van der Waals surface area contributed by atoms with E-state index in [2.05, 4.69) is 0 Å². The number of likely N-dealkylation sites (N-methyl/N-ethyl adjacent to an activating group) is 1. The first-order chi connectivity index (χ1) is 14.1. The predicted octanol–water partition coefficient (Wildman–Crippen LogP) is 3.81. The lowest BCUT2D eigenvalue weighted by molar-refractivity contribution is -0.126. The molecule has 29 heavy (non-hydrogen) atoms. The van der Waals surface area contributed by atoms with Gasteiger partial charge in [0.2, 0.25) is 5.91 Å². The first-order valence-corrected chi connectivity index (χ1v) is 9.89. The van der Waals surface area contributed by atoms with Gasteiger partial charge in [0.15, 0.2) is 29.1 Å². The van der Waals surface area contributed by atoms with Gasteiger partial charge in [0.05, 0.1) is 24.8 Å². The Balaban J connectivity index is 1.38. The van der Waals surface area contributed by atoms with Crippen LogP contribution >= 0.6 is 11.6 Å². The van der Waals surface area contributed by atoms with E-state index >= 15 is 0 Å². The first-order valence-electron chi connectivity index (χ1n) is 9.51. The number of para-hydroxylation sites is 2. The van der Waals surface area contributed by atoms with Crippen LogP contribution in [0.25, 0.3) is 6.08 Å². The summed E-state index contributed by atoms with van der Waals surface area (Å²) in [6.07, 6.45) is 3.80. The topological polar surface area (TPSA) is 57.2 Å². The molecule has 2 heterocycles. The molecule has 0 bridgehead atoms. The van der Waals surface area contributed by atoms with Crippen LogP contribution in [0.2, 0.25) is 5.02 Å². The predicted molar refractivity (Wildman–Crippen MR) is 110 cm³/mol. The highest BCUT2D eigenvalue weighted by atomic mass is 35.5. The van der Waals surface area contributed by atoms with Crippen molar-refractivity contribution in [3.8, 4) is 23.0 Å². The van der Waals surface area contributed by atoms with Crippen LogP contribution < -0.4 is 18.9 Å². The molecule has 0 saturated heterocycles. The largest absolute Gasteiger partial charge is 0.489 e. The van der Waals surface area contributed by atoms with Gasteiger partial charge in [-0.3, -0.25) is 4.79 Å². The SMILES string of the molecule is CN(CC1COc2ccccc2O1)C(=O)C=Cc1cc(Cl)c2c(c1)OCCCO2. The fourth-order valence-corrected chi connectivity index (χ4v) is 3.46. The van der Waals surface area contributed by atoms with Gasteiger partial charge in [0.1, 0.15) is 6.61 Å². The van der Waals surface area contributed by atoms with Crippen LogP contribution in [-0.4, -0.2) is 50.3 Å². The van der Waals surface area contributed by atoms with Gasteiger partial charge < -0.3 is 23.8 Å². The molecule has 4 rings (SSSR count). The summed E-state index contributed by atoms with van der Waals surface area (Å²) in [4.78, 5) is 14.1. The molecule has 2 aromatic carbocycles. The third kappa shape index (κ3) is 4.59. The highest BCUT2D eigenvalue weighted by Gasteiger charge is 2.23. The van der Waals surface area contributed by atoms with Crippen molar-refractivity contribution in [1.82, 2.24) is 4.90 Å². The summed E-state index contributed by atoms with van der Waals surface area (Å²) in [6.45, 7) is 1.96. The third-order valence-corrected chi connectivity index (χ3v) is 4.94. The van der Waals surface area contributed by atoms with Crippen LogP contribution in [0.15, 0.2) is 42.5 Å². The molecule has 0 saturated carbocycles. The van der Waals surface area contributed by atoms with E-state index < -0.39 is 0 Å². The van der Waals surface area contributed by atoms with Crippen molar-refractivity contribution in [1.29, 1.82) is 0 Å². The van der Waals surface area contributed by atoms with Gasteiger partial charge in [-0.15, -0.1) is 0 Å². The zero-order valence-electron chi connectivity index (χ0n) is 16.1. The van der Waals surface area contributed by atoms with Crippen molar-refractivity contribution < 1.29 is 23.7 Å². The molecule has 7 heteroatoms. The molecule has 152 valence electrons. The summed E-state index contributed by atoms with van der Waals surface area (Å²) in [5.74, 6) is 2.43. The van der Waals surface area contributed by atoms with Gasteiger partial charge in [-0.2, -0.15) is 0 Å². The van der Waals surface area contributed by atoms with Gasteiger partial charge in [-0.1, -0.05) is 23.7 Å². The number of amides is 1. The Labute approximate surface area is 174 Å². The monoisotopic (exact) mass is 415 g/mol. The van der Waals surface area contributed by atoms with Crippen LogP contribution in [0, 0.1) is 0 Å². The molecule has 1 amide bonds. The highest BCUT2D eigenvalue weighted by molar-refractivity contribution is 6.32. The number of hydrogen-bond acceptors (Lipinski definition) is 5. The number of halogens is 1. The maximum absolute atomic E-state index is 12.5. The van der Waals surface area contributed by atoms with E-state index in [0.717, 1.165) is 17.7 Å². The van der Waals surface area contributed by atoms with Gasteiger partial charge >= 0.3 is 0 Å². The molecule has 0 N–H and O–H groups in total. The van der Waals surface area contributed by atoms with Crippen LogP contribution in [0.3, 0.4) is 0 Å². The van der Waals surface area contributed by atoms with Crippen LogP contribution in [-0.2, 0) is 4.79 Å². The number of nitrogens with zero attached hydrogens (tertiary/aromatic N) is 1. The Hall–Kier alpha value is -2.86. The summed E-state index contributed by atoms with van der Waals surface area (Å²) in [7, 11) is 1.73. The number of rotatable bonds is 4. The Kier molecular flexibility index (Phi) is 5.81. The number of fused-ring (bicyclic) bond motifs is 2. The summed E-state index contributed by atoms with van der Waals surface area (Å²) in [5.41, 5.74) is 0.771. The van der Waals surface area contributed by atoms with Crippen molar-refractivity contribution in [3.05, 3.63) is 53.1 Å². The number of ether oxygens (including phenoxy) is 4. The van der Waals surface area contributed by atoms with Gasteiger partial charge in [-0.25, -0.2) is 0 Å². The molecule has 1 unspecified atom stereocenters. The molecule has 1 atom stereocenters. The van der Waals surface area contributed by atoms with E-state index in [1.165, 1.54) is 6.08 Å². The molecule has 2 aliphatic rings. The molecule has 2 aliphatic heterocycles. The molecule has 2 aromatic rings. The molecular formula is C22H22ClNO5. The summed E-state index contributed by atoms with van der Waals surface area (Å²) in [6, 6.07) is 11.1. The van der Waals surface area contributed by atoms with Crippen LogP contribution in [0.1, 0.15) is 12.0 Å². The minimum Gasteiger partial charge on any atom is -0.489 e. The second kappa shape index (κ2) is 8.66. The van der Waals surface area contributed by atoms with Gasteiger partial charge in [0, 0.05) is 19.5 Å². The average Bonchev–Trinajstić information content (AvgIpc) is 2.98. The number of carbonyl (C=O) groups is 1. The molecular weight excluding hydrogens is 394 g/mol.